The number of nitrogens with zero attached hydrogens (tertiary/aromatic N) is 1. The van der Waals surface area contributed by atoms with Crippen molar-refractivity contribution in [3.8, 4) is 0 Å². The third-order valence-corrected chi connectivity index (χ3v) is 4.37. The van der Waals surface area contributed by atoms with Crippen molar-refractivity contribution in [2.24, 2.45) is 0 Å². The van der Waals surface area contributed by atoms with Crippen LogP contribution in [0.1, 0.15) is 0 Å². The molecule has 5 heteroatoms. The Morgan fingerprint density at radius 2 is 1.70 bits per heavy atom. The van der Waals surface area contributed by atoms with E-state index in [1.54, 1.807) is 6.20 Å². The number of hydrogen-bond donors (Lipinski definition) is 2. The van der Waals surface area contributed by atoms with Gasteiger partial charge in [0, 0.05) is 20.5 Å². The molecular formula is C15H11Br2N3. The molecule has 0 aliphatic heterocycles. The maximum atomic E-state index is 6.23. The number of anilines is 3. The summed E-state index contributed by atoms with van der Waals surface area (Å²) < 4.78 is 1.94. The number of nitrogen functional groups attached to an aromatic ring is 1. The predicted molar refractivity (Wildman–Crippen MR) is 91.3 cm³/mol. The van der Waals surface area contributed by atoms with Gasteiger partial charge in [0.15, 0.2) is 0 Å². The summed E-state index contributed by atoms with van der Waals surface area (Å²) >= 11 is 7.07. The molecule has 3 nitrogen and oxygen atoms in total. The van der Waals surface area contributed by atoms with E-state index >= 15 is 0 Å². The number of benzene rings is 2. The maximum Gasteiger partial charge on any atom is 0.0724 e. The highest BCUT2D eigenvalue weighted by Crippen LogP contribution is 2.36. The Hall–Kier alpha value is -1.59. The lowest BCUT2D eigenvalue weighted by molar-refractivity contribution is 1.41. The lowest BCUT2D eigenvalue weighted by Gasteiger charge is -2.14. The van der Waals surface area contributed by atoms with Gasteiger partial charge >= 0.3 is 0 Å². The molecule has 0 atom stereocenters. The monoisotopic (exact) mass is 391 g/mol. The lowest BCUT2D eigenvalue weighted by Crippen LogP contribution is -1.99. The smallest absolute Gasteiger partial charge is 0.0724 e. The van der Waals surface area contributed by atoms with Crippen LogP contribution in [-0.2, 0) is 0 Å². The predicted octanol–water partition coefficient (Wildman–Crippen LogP) is 5.09. The Labute approximate surface area is 133 Å². The number of hydrogen-bond acceptors (Lipinski definition) is 3. The number of para-hydroxylation sites is 1. The summed E-state index contributed by atoms with van der Waals surface area (Å²) in [5, 5.41) is 4.30. The fourth-order valence-corrected chi connectivity index (χ4v) is 3.23. The summed E-state index contributed by atoms with van der Waals surface area (Å²) in [6.07, 6.45) is 1.76. The zero-order valence-corrected chi connectivity index (χ0v) is 13.6. The standard InChI is InChI=1S/C15H11Br2N3/c16-10-4-1-5-11(17)15(10)20-13-7-6-12-9(14(13)18)3-2-8-19-12/h1-8,20H,18H2. The van der Waals surface area contributed by atoms with Crippen molar-refractivity contribution < 1.29 is 0 Å². The number of nitrogens with two attached hydrogens (primary N) is 1. The van der Waals surface area contributed by atoms with E-state index in [0.717, 1.165) is 31.2 Å². The van der Waals surface area contributed by atoms with E-state index in [2.05, 4.69) is 42.2 Å². The minimum atomic E-state index is 0.693. The summed E-state index contributed by atoms with van der Waals surface area (Å²) in [4.78, 5) is 4.30. The van der Waals surface area contributed by atoms with Gasteiger partial charge in [-0.1, -0.05) is 6.07 Å². The van der Waals surface area contributed by atoms with E-state index in [1.165, 1.54) is 0 Å². The van der Waals surface area contributed by atoms with Crippen molar-refractivity contribution in [1.82, 2.24) is 4.98 Å². The Balaban J connectivity index is 2.10. The zero-order valence-electron chi connectivity index (χ0n) is 10.4. The third kappa shape index (κ3) is 2.39. The van der Waals surface area contributed by atoms with Crippen molar-refractivity contribution in [2.75, 3.05) is 11.1 Å². The maximum absolute atomic E-state index is 6.23. The van der Waals surface area contributed by atoms with E-state index in [4.69, 9.17) is 5.73 Å². The first-order chi connectivity index (χ1) is 9.66. The van der Waals surface area contributed by atoms with Crippen molar-refractivity contribution in [2.45, 2.75) is 0 Å². The second kappa shape index (κ2) is 5.42. The van der Waals surface area contributed by atoms with Crippen LogP contribution >= 0.6 is 31.9 Å². The van der Waals surface area contributed by atoms with Crippen LogP contribution in [0.3, 0.4) is 0 Å². The molecule has 0 aliphatic carbocycles. The second-order valence-electron chi connectivity index (χ2n) is 4.32. The molecule has 0 amide bonds. The summed E-state index contributed by atoms with van der Waals surface area (Å²) in [7, 11) is 0. The Kier molecular flexibility index (Phi) is 3.63. The van der Waals surface area contributed by atoms with Gasteiger partial charge in [-0.3, -0.25) is 4.98 Å². The van der Waals surface area contributed by atoms with Crippen molar-refractivity contribution in [3.63, 3.8) is 0 Å². The summed E-state index contributed by atoms with van der Waals surface area (Å²) in [5.41, 5.74) is 9.62. The van der Waals surface area contributed by atoms with Crippen molar-refractivity contribution >= 4 is 59.8 Å². The first-order valence-electron chi connectivity index (χ1n) is 6.01. The van der Waals surface area contributed by atoms with Gasteiger partial charge in [-0.05, 0) is 68.3 Å². The SMILES string of the molecule is Nc1c(Nc2c(Br)cccc2Br)ccc2ncccc12. The highest BCUT2D eigenvalue weighted by molar-refractivity contribution is 9.11. The molecule has 0 bridgehead atoms. The van der Waals surface area contributed by atoms with Crippen molar-refractivity contribution in [1.29, 1.82) is 0 Å². The molecule has 0 spiro atoms. The van der Waals surface area contributed by atoms with Crippen LogP contribution in [0.25, 0.3) is 10.9 Å². The molecule has 20 heavy (non-hydrogen) atoms. The van der Waals surface area contributed by atoms with Crippen LogP contribution in [0.5, 0.6) is 0 Å². The zero-order chi connectivity index (χ0) is 14.1. The molecule has 0 fully saturated rings. The normalized spacial score (nSPS) is 10.7. The average Bonchev–Trinajstić information content (AvgIpc) is 2.45. The topological polar surface area (TPSA) is 50.9 Å². The average molecular weight is 393 g/mol. The van der Waals surface area contributed by atoms with Gasteiger partial charge in [0.2, 0.25) is 0 Å². The molecule has 0 saturated heterocycles. The first kappa shape index (κ1) is 13.4. The van der Waals surface area contributed by atoms with Gasteiger partial charge in [0.1, 0.15) is 0 Å². The molecule has 2 aromatic carbocycles. The fraction of sp³-hybridized carbons (Fsp3) is 0. The Morgan fingerprint density at radius 1 is 0.950 bits per heavy atom. The van der Waals surface area contributed by atoms with E-state index < -0.39 is 0 Å². The highest BCUT2D eigenvalue weighted by atomic mass is 79.9. The molecule has 0 unspecified atom stereocenters. The van der Waals surface area contributed by atoms with Gasteiger partial charge in [-0.2, -0.15) is 0 Å². The first-order valence-corrected chi connectivity index (χ1v) is 7.59. The molecular weight excluding hydrogens is 382 g/mol. The van der Waals surface area contributed by atoms with Gasteiger partial charge in [-0.25, -0.2) is 0 Å². The highest BCUT2D eigenvalue weighted by Gasteiger charge is 2.09. The van der Waals surface area contributed by atoms with Gasteiger partial charge < -0.3 is 11.1 Å². The van der Waals surface area contributed by atoms with Crippen molar-refractivity contribution in [3.05, 3.63) is 57.6 Å². The minimum absolute atomic E-state index is 0.693. The van der Waals surface area contributed by atoms with Gasteiger partial charge in [0.25, 0.3) is 0 Å². The molecule has 0 aliphatic rings. The summed E-state index contributed by atoms with van der Waals surface area (Å²) in [6.45, 7) is 0. The number of pyridine rings is 1. The van der Waals surface area contributed by atoms with E-state index in [1.807, 2.05) is 42.5 Å². The summed E-state index contributed by atoms with van der Waals surface area (Å²) in [6, 6.07) is 13.7. The van der Waals surface area contributed by atoms with Crippen LogP contribution in [0.4, 0.5) is 17.1 Å². The molecule has 1 heterocycles. The molecule has 3 N–H and O–H groups in total. The van der Waals surface area contributed by atoms with Crippen LogP contribution < -0.4 is 11.1 Å². The lowest BCUT2D eigenvalue weighted by atomic mass is 10.1. The van der Waals surface area contributed by atoms with Crippen LogP contribution in [0, 0.1) is 0 Å². The van der Waals surface area contributed by atoms with E-state index in [-0.39, 0.29) is 0 Å². The van der Waals surface area contributed by atoms with Crippen LogP contribution in [-0.4, -0.2) is 4.98 Å². The number of nitrogens with one attached hydrogen (secondary N) is 1. The molecule has 0 radical (unpaired) electrons. The number of aromatic nitrogens is 1. The van der Waals surface area contributed by atoms with E-state index in [0.29, 0.717) is 5.69 Å². The van der Waals surface area contributed by atoms with Crippen LogP contribution in [0.2, 0.25) is 0 Å². The fourth-order valence-electron chi connectivity index (χ4n) is 2.04. The molecule has 1 aromatic heterocycles. The molecule has 100 valence electrons. The minimum Gasteiger partial charge on any atom is -0.396 e. The quantitative estimate of drug-likeness (QED) is 0.597. The number of halogens is 2. The largest absolute Gasteiger partial charge is 0.396 e. The number of rotatable bonds is 2. The van der Waals surface area contributed by atoms with E-state index in [9.17, 15) is 0 Å². The molecule has 3 rings (SSSR count). The van der Waals surface area contributed by atoms with Gasteiger partial charge in [0.05, 0.1) is 22.6 Å². The molecule has 0 saturated carbocycles. The third-order valence-electron chi connectivity index (χ3n) is 3.05. The van der Waals surface area contributed by atoms with Crippen LogP contribution in [0.15, 0.2) is 57.6 Å². The Morgan fingerprint density at radius 3 is 2.45 bits per heavy atom. The molecule has 3 aromatic rings. The Bertz CT molecular complexity index is 767. The number of fused-ring (bicyclic) bond motifs is 1. The van der Waals surface area contributed by atoms with Gasteiger partial charge in [-0.15, -0.1) is 0 Å². The second-order valence-corrected chi connectivity index (χ2v) is 6.03. The summed E-state index contributed by atoms with van der Waals surface area (Å²) in [5.74, 6) is 0.